The monoisotopic (exact) mass is 494 g/mol. The van der Waals surface area contributed by atoms with Crippen molar-refractivity contribution in [1.82, 2.24) is 9.55 Å². The zero-order chi connectivity index (χ0) is 24.4. The van der Waals surface area contributed by atoms with Gasteiger partial charge in [0, 0.05) is 12.1 Å². The van der Waals surface area contributed by atoms with Gasteiger partial charge in [-0.3, -0.25) is 24.3 Å². The number of para-hydroxylation sites is 1. The zero-order valence-corrected chi connectivity index (χ0v) is 19.8. The molecule has 1 heterocycles. The molecule has 4 rings (SSSR count). The van der Waals surface area contributed by atoms with Crippen LogP contribution in [0.2, 0.25) is 5.02 Å². The lowest BCUT2D eigenvalue weighted by molar-refractivity contribution is -0.384. The van der Waals surface area contributed by atoms with Crippen LogP contribution in [0.5, 0.6) is 0 Å². The van der Waals surface area contributed by atoms with Gasteiger partial charge in [-0.2, -0.15) is 0 Å². The number of carbonyl (C=O) groups is 1. The lowest BCUT2D eigenvalue weighted by atomic mass is 10.1. The number of nitro benzene ring substituents is 1. The molecule has 8 nitrogen and oxygen atoms in total. The standard InChI is InChI=1S/C24H19ClN4O4S/c1-14-6-5-9-21(15(14)2)28-23(31)17-7-3-4-8-19(17)27-24(28)34-13-22(30)26-20-12-16(29(32)33)10-11-18(20)25/h3-12H,13H2,1-2H3,(H,26,30). The van der Waals surface area contributed by atoms with E-state index in [2.05, 4.69) is 10.3 Å². The van der Waals surface area contributed by atoms with Gasteiger partial charge in [0.25, 0.3) is 11.2 Å². The number of aromatic nitrogens is 2. The molecule has 1 amide bonds. The molecule has 0 aliphatic carbocycles. The third-order valence-electron chi connectivity index (χ3n) is 5.33. The second-order valence-corrected chi connectivity index (χ2v) is 8.88. The molecule has 0 aliphatic rings. The minimum absolute atomic E-state index is 0.0886. The van der Waals surface area contributed by atoms with Crippen LogP contribution < -0.4 is 10.9 Å². The summed E-state index contributed by atoms with van der Waals surface area (Å²) >= 11 is 7.18. The van der Waals surface area contributed by atoms with Crippen molar-refractivity contribution in [3.05, 3.63) is 97.3 Å². The highest BCUT2D eigenvalue weighted by atomic mass is 35.5. The van der Waals surface area contributed by atoms with E-state index in [0.717, 1.165) is 22.9 Å². The normalized spacial score (nSPS) is 10.9. The van der Waals surface area contributed by atoms with Crippen LogP contribution in [0.4, 0.5) is 11.4 Å². The molecule has 3 aromatic carbocycles. The summed E-state index contributed by atoms with van der Waals surface area (Å²) in [5.74, 6) is -0.531. The van der Waals surface area contributed by atoms with E-state index in [9.17, 15) is 19.7 Å². The Bertz CT molecular complexity index is 1500. The summed E-state index contributed by atoms with van der Waals surface area (Å²) in [5, 5.41) is 14.6. The summed E-state index contributed by atoms with van der Waals surface area (Å²) in [4.78, 5) is 41.2. The lowest BCUT2D eigenvalue weighted by Crippen LogP contribution is -2.23. The average molecular weight is 495 g/mol. The Morgan fingerprint density at radius 2 is 1.91 bits per heavy atom. The van der Waals surface area contributed by atoms with Gasteiger partial charge in [0.05, 0.1) is 38.0 Å². The first-order valence-electron chi connectivity index (χ1n) is 10.2. The molecule has 0 spiro atoms. The maximum Gasteiger partial charge on any atom is 0.271 e. The van der Waals surface area contributed by atoms with Crippen molar-refractivity contribution in [1.29, 1.82) is 0 Å². The van der Waals surface area contributed by atoms with Crippen LogP contribution in [0.15, 0.2) is 70.6 Å². The highest BCUT2D eigenvalue weighted by Crippen LogP contribution is 2.28. The van der Waals surface area contributed by atoms with Crippen LogP contribution in [0, 0.1) is 24.0 Å². The van der Waals surface area contributed by atoms with Gasteiger partial charge in [0.1, 0.15) is 0 Å². The summed E-state index contributed by atoms with van der Waals surface area (Å²) < 4.78 is 1.52. The minimum atomic E-state index is -0.567. The molecular weight excluding hydrogens is 476 g/mol. The lowest BCUT2D eigenvalue weighted by Gasteiger charge is -2.16. The number of thioether (sulfide) groups is 1. The molecule has 0 bridgehead atoms. The van der Waals surface area contributed by atoms with Crippen molar-refractivity contribution in [2.24, 2.45) is 0 Å². The predicted octanol–water partition coefficient (Wildman–Crippen LogP) is 5.29. The molecule has 0 saturated carbocycles. The number of nitrogens with one attached hydrogen (secondary N) is 1. The van der Waals surface area contributed by atoms with Crippen LogP contribution in [0.1, 0.15) is 11.1 Å². The van der Waals surface area contributed by atoms with Crippen LogP contribution >= 0.6 is 23.4 Å². The Hall–Kier alpha value is -3.69. The van der Waals surface area contributed by atoms with Gasteiger partial charge in [-0.15, -0.1) is 0 Å². The molecule has 0 unspecified atom stereocenters. The Balaban J connectivity index is 1.69. The van der Waals surface area contributed by atoms with Crippen molar-refractivity contribution < 1.29 is 9.72 Å². The van der Waals surface area contributed by atoms with Gasteiger partial charge in [0.2, 0.25) is 5.91 Å². The average Bonchev–Trinajstić information content (AvgIpc) is 2.81. The molecular formula is C24H19ClN4O4S. The Kier molecular flexibility index (Phi) is 6.67. The minimum Gasteiger partial charge on any atom is -0.324 e. The molecule has 10 heteroatoms. The van der Waals surface area contributed by atoms with Gasteiger partial charge in [-0.05, 0) is 49.2 Å². The van der Waals surface area contributed by atoms with E-state index in [-0.39, 0.29) is 27.7 Å². The second kappa shape index (κ2) is 9.66. The Morgan fingerprint density at radius 3 is 2.68 bits per heavy atom. The summed E-state index contributed by atoms with van der Waals surface area (Å²) in [5.41, 5.74) is 2.88. The van der Waals surface area contributed by atoms with Crippen molar-refractivity contribution in [2.45, 2.75) is 19.0 Å². The van der Waals surface area contributed by atoms with E-state index in [1.165, 1.54) is 22.8 Å². The van der Waals surface area contributed by atoms with Gasteiger partial charge in [-0.25, -0.2) is 4.98 Å². The number of amides is 1. The number of rotatable bonds is 6. The van der Waals surface area contributed by atoms with Gasteiger partial charge >= 0.3 is 0 Å². The summed E-state index contributed by atoms with van der Waals surface area (Å²) in [6, 6.07) is 16.5. The number of hydrogen-bond donors (Lipinski definition) is 1. The molecule has 1 aromatic heterocycles. The predicted molar refractivity (Wildman–Crippen MR) is 134 cm³/mol. The van der Waals surface area contributed by atoms with Crippen molar-refractivity contribution in [3.8, 4) is 5.69 Å². The number of non-ortho nitro benzene ring substituents is 1. The third-order valence-corrected chi connectivity index (χ3v) is 6.60. The maximum atomic E-state index is 13.4. The maximum absolute atomic E-state index is 13.4. The Morgan fingerprint density at radius 1 is 1.15 bits per heavy atom. The van der Waals surface area contributed by atoms with Gasteiger partial charge in [-0.1, -0.05) is 47.6 Å². The number of aryl methyl sites for hydroxylation is 1. The summed E-state index contributed by atoms with van der Waals surface area (Å²) in [7, 11) is 0. The highest BCUT2D eigenvalue weighted by molar-refractivity contribution is 7.99. The van der Waals surface area contributed by atoms with Crippen molar-refractivity contribution in [3.63, 3.8) is 0 Å². The fourth-order valence-electron chi connectivity index (χ4n) is 3.44. The second-order valence-electron chi connectivity index (χ2n) is 7.53. The third kappa shape index (κ3) is 4.66. The smallest absolute Gasteiger partial charge is 0.271 e. The summed E-state index contributed by atoms with van der Waals surface area (Å²) in [6.45, 7) is 3.89. The van der Waals surface area contributed by atoms with Crippen LogP contribution in [0.3, 0.4) is 0 Å². The topological polar surface area (TPSA) is 107 Å². The van der Waals surface area contributed by atoms with E-state index in [1.54, 1.807) is 24.3 Å². The molecule has 0 saturated heterocycles. The SMILES string of the molecule is Cc1cccc(-n2c(SCC(=O)Nc3cc([N+](=O)[O-])ccc3Cl)nc3ccccc3c2=O)c1C. The number of anilines is 1. The number of hydrogen-bond acceptors (Lipinski definition) is 6. The number of halogens is 1. The summed E-state index contributed by atoms with van der Waals surface area (Å²) in [6.07, 6.45) is 0. The molecule has 4 aromatic rings. The molecule has 0 fully saturated rings. The highest BCUT2D eigenvalue weighted by Gasteiger charge is 2.18. The fourth-order valence-corrected chi connectivity index (χ4v) is 4.41. The Labute approximate surface area is 203 Å². The van der Waals surface area contributed by atoms with E-state index >= 15 is 0 Å². The molecule has 34 heavy (non-hydrogen) atoms. The first-order chi connectivity index (χ1) is 16.3. The number of nitro groups is 1. The van der Waals surface area contributed by atoms with Crippen LogP contribution in [-0.4, -0.2) is 26.1 Å². The molecule has 1 N–H and O–H groups in total. The van der Waals surface area contributed by atoms with Crippen LogP contribution in [-0.2, 0) is 4.79 Å². The fraction of sp³-hybridized carbons (Fsp3) is 0.125. The number of benzene rings is 3. The number of nitrogens with zero attached hydrogens (tertiary/aromatic N) is 3. The first-order valence-corrected chi connectivity index (χ1v) is 11.6. The van der Waals surface area contributed by atoms with Crippen molar-refractivity contribution in [2.75, 3.05) is 11.1 Å². The quantitative estimate of drug-likeness (QED) is 0.169. The van der Waals surface area contributed by atoms with E-state index in [0.29, 0.717) is 21.7 Å². The van der Waals surface area contributed by atoms with Crippen LogP contribution in [0.25, 0.3) is 16.6 Å². The first kappa shape index (κ1) is 23.5. The molecule has 0 atom stereocenters. The molecule has 172 valence electrons. The number of fused-ring (bicyclic) bond motifs is 1. The number of carbonyl (C=O) groups excluding carboxylic acids is 1. The molecule has 0 aliphatic heterocycles. The van der Waals surface area contributed by atoms with Gasteiger partial charge in [0.15, 0.2) is 5.16 Å². The van der Waals surface area contributed by atoms with Crippen molar-refractivity contribution >= 4 is 51.5 Å². The largest absolute Gasteiger partial charge is 0.324 e. The van der Waals surface area contributed by atoms with E-state index < -0.39 is 10.8 Å². The van der Waals surface area contributed by atoms with Gasteiger partial charge < -0.3 is 5.32 Å². The van der Waals surface area contributed by atoms with E-state index in [4.69, 9.17) is 11.6 Å². The zero-order valence-electron chi connectivity index (χ0n) is 18.2. The van der Waals surface area contributed by atoms with E-state index in [1.807, 2.05) is 32.0 Å². The molecule has 0 radical (unpaired) electrons.